The Morgan fingerprint density at radius 3 is 2.54 bits per heavy atom. The number of fused-ring (bicyclic) bond motifs is 2. The van der Waals surface area contributed by atoms with Crippen molar-refractivity contribution in [2.24, 2.45) is 0 Å². The normalized spacial score (nSPS) is 23.9. The quantitative estimate of drug-likeness (QED) is 0.679. The monoisotopic (exact) mass is 485 g/mol. The van der Waals surface area contributed by atoms with E-state index in [0.29, 0.717) is 5.69 Å². The van der Waals surface area contributed by atoms with Gasteiger partial charge in [0.2, 0.25) is 0 Å². The summed E-state index contributed by atoms with van der Waals surface area (Å²) < 4.78 is 44.8. The van der Waals surface area contributed by atoms with Gasteiger partial charge in [0.1, 0.15) is 0 Å². The Morgan fingerprint density at radius 2 is 1.86 bits per heavy atom. The number of aryl methyl sites for hydroxylation is 1. The van der Waals surface area contributed by atoms with E-state index >= 15 is 0 Å². The van der Waals surface area contributed by atoms with E-state index in [1.54, 1.807) is 24.1 Å². The number of benzene rings is 2. The van der Waals surface area contributed by atoms with E-state index in [1.165, 1.54) is 12.1 Å². The molecule has 3 unspecified atom stereocenters. The number of aliphatic hydroxyl groups is 1. The van der Waals surface area contributed by atoms with Crippen LogP contribution in [0, 0.1) is 6.92 Å². The van der Waals surface area contributed by atoms with Crippen LogP contribution in [0.1, 0.15) is 33.5 Å². The maximum Gasteiger partial charge on any atom is 0.416 e. The third kappa shape index (κ3) is 4.66. The molecule has 9 heteroatoms. The molecule has 2 N–H and O–H groups in total. The van der Waals surface area contributed by atoms with Crippen molar-refractivity contribution in [2.75, 3.05) is 25.5 Å². The van der Waals surface area contributed by atoms with Crippen LogP contribution in [0.4, 0.5) is 18.9 Å². The molecule has 4 aliphatic heterocycles. The number of carbonyl (C=O) groups is 1. The van der Waals surface area contributed by atoms with E-state index in [2.05, 4.69) is 10.2 Å². The fraction of sp³-hybridized carbons (Fsp3) is 0.346. The predicted molar refractivity (Wildman–Crippen MR) is 125 cm³/mol. The Balaban J connectivity index is 1.40. The Labute approximate surface area is 201 Å². The Morgan fingerprint density at radius 1 is 1.14 bits per heavy atom. The van der Waals surface area contributed by atoms with E-state index in [0.717, 1.165) is 54.0 Å². The summed E-state index contributed by atoms with van der Waals surface area (Å²) in [5.41, 5.74) is 2.98. The lowest BCUT2D eigenvalue weighted by Crippen LogP contribution is -2.58. The highest BCUT2D eigenvalue weighted by Gasteiger charge is 2.41. The van der Waals surface area contributed by atoms with Crippen LogP contribution in [0.2, 0.25) is 0 Å². The molecule has 0 spiro atoms. The van der Waals surface area contributed by atoms with Crippen molar-refractivity contribution in [3.8, 4) is 0 Å². The van der Waals surface area contributed by atoms with Gasteiger partial charge in [-0.25, -0.2) is 0 Å². The SMILES string of the molecule is Cc1ccc(NC(=O)c2cccc(C(F)(F)F)c2)cc1C1=CN(C)C(O)C(N2CC3CC(C2)O3)=C1. The van der Waals surface area contributed by atoms with Crippen molar-refractivity contribution in [3.05, 3.63) is 82.7 Å². The van der Waals surface area contributed by atoms with Gasteiger partial charge in [0.05, 0.1) is 23.5 Å². The largest absolute Gasteiger partial charge is 0.416 e. The molecule has 0 saturated carbocycles. The first kappa shape index (κ1) is 23.4. The summed E-state index contributed by atoms with van der Waals surface area (Å²) in [6.45, 7) is 3.40. The molecule has 0 radical (unpaired) electrons. The molecule has 3 fully saturated rings. The van der Waals surface area contributed by atoms with Crippen LogP contribution in [0.15, 0.2) is 60.4 Å². The average Bonchev–Trinajstić information content (AvgIpc) is 2.81. The number of likely N-dealkylation sites (N-methyl/N-ethyl adjacent to an activating group) is 1. The number of nitrogens with zero attached hydrogens (tertiary/aromatic N) is 2. The Hall–Kier alpha value is -3.30. The third-order valence-corrected chi connectivity index (χ3v) is 6.68. The first-order chi connectivity index (χ1) is 16.6. The summed E-state index contributed by atoms with van der Waals surface area (Å²) in [7, 11) is 1.80. The van der Waals surface area contributed by atoms with Gasteiger partial charge in [-0.1, -0.05) is 12.1 Å². The van der Waals surface area contributed by atoms with Gasteiger partial charge < -0.3 is 25.0 Å². The number of halogens is 3. The van der Waals surface area contributed by atoms with Crippen LogP contribution in [0.5, 0.6) is 0 Å². The summed E-state index contributed by atoms with van der Waals surface area (Å²) in [4.78, 5) is 16.6. The van der Waals surface area contributed by atoms with Gasteiger partial charge in [0, 0.05) is 44.0 Å². The van der Waals surface area contributed by atoms with Crippen LogP contribution >= 0.6 is 0 Å². The number of rotatable bonds is 4. The molecule has 4 heterocycles. The van der Waals surface area contributed by atoms with Crippen molar-refractivity contribution in [3.63, 3.8) is 0 Å². The number of carbonyl (C=O) groups excluding carboxylic acids is 1. The van der Waals surface area contributed by atoms with E-state index < -0.39 is 23.9 Å². The standard InChI is InChI=1S/C26H26F3N3O3/c1-15-6-7-19(30-24(33)16-4-3-5-18(8-16)26(27,28)29)10-22(15)17-9-23(25(34)31(2)12-17)32-13-20-11-21(14-32)35-20/h3-10,12,20-21,25,34H,11,13-14H2,1-2H3,(H,30,33). The molecular weight excluding hydrogens is 459 g/mol. The van der Waals surface area contributed by atoms with Crippen LogP contribution < -0.4 is 5.32 Å². The molecule has 2 aromatic carbocycles. The van der Waals surface area contributed by atoms with Crippen LogP contribution in [-0.2, 0) is 10.9 Å². The maximum absolute atomic E-state index is 13.0. The zero-order valence-electron chi connectivity index (χ0n) is 19.3. The second kappa shape index (κ2) is 8.73. The molecule has 35 heavy (non-hydrogen) atoms. The molecule has 4 aliphatic rings. The van der Waals surface area contributed by atoms with Crippen molar-refractivity contribution in [1.29, 1.82) is 0 Å². The zero-order chi connectivity index (χ0) is 24.9. The molecule has 6 rings (SSSR count). The highest BCUT2D eigenvalue weighted by molar-refractivity contribution is 6.04. The van der Waals surface area contributed by atoms with Gasteiger partial charge in [-0.2, -0.15) is 13.2 Å². The number of anilines is 1. The minimum atomic E-state index is -4.53. The number of hydrogen-bond donors (Lipinski definition) is 2. The number of allylic oxidation sites excluding steroid dienone is 2. The highest BCUT2D eigenvalue weighted by Crippen LogP contribution is 2.35. The topological polar surface area (TPSA) is 65.0 Å². The first-order valence-electron chi connectivity index (χ1n) is 11.4. The molecule has 0 aromatic heterocycles. The molecule has 2 bridgehead atoms. The number of morpholine rings is 1. The molecule has 6 nitrogen and oxygen atoms in total. The number of amides is 1. The fourth-order valence-corrected chi connectivity index (χ4v) is 4.79. The summed E-state index contributed by atoms with van der Waals surface area (Å²) in [6, 6.07) is 9.70. The van der Waals surface area contributed by atoms with Crippen molar-refractivity contribution >= 4 is 17.2 Å². The number of hydrogen-bond acceptors (Lipinski definition) is 5. The van der Waals surface area contributed by atoms with Crippen molar-refractivity contribution in [1.82, 2.24) is 9.80 Å². The van der Waals surface area contributed by atoms with Crippen LogP contribution in [0.3, 0.4) is 0 Å². The van der Waals surface area contributed by atoms with Crippen molar-refractivity contribution < 1.29 is 27.8 Å². The zero-order valence-corrected chi connectivity index (χ0v) is 19.3. The molecule has 184 valence electrons. The fourth-order valence-electron chi connectivity index (χ4n) is 4.79. The van der Waals surface area contributed by atoms with E-state index in [9.17, 15) is 23.1 Å². The van der Waals surface area contributed by atoms with Gasteiger partial charge in [-0.3, -0.25) is 4.79 Å². The van der Waals surface area contributed by atoms with Gasteiger partial charge >= 0.3 is 6.18 Å². The highest BCUT2D eigenvalue weighted by atomic mass is 19.4. The number of piperidine rings is 1. The second-order valence-corrected chi connectivity index (χ2v) is 9.28. The van der Waals surface area contributed by atoms with Gasteiger partial charge in [0.25, 0.3) is 5.91 Å². The van der Waals surface area contributed by atoms with Gasteiger partial charge in [-0.05, 0) is 60.0 Å². The smallest absolute Gasteiger partial charge is 0.371 e. The van der Waals surface area contributed by atoms with E-state index in [1.807, 2.05) is 25.3 Å². The lowest BCUT2D eigenvalue weighted by molar-refractivity contribution is -0.178. The minimum absolute atomic E-state index is 0.0743. The van der Waals surface area contributed by atoms with Crippen molar-refractivity contribution in [2.45, 2.75) is 38.0 Å². The summed E-state index contributed by atoms with van der Waals surface area (Å²) >= 11 is 0. The summed E-state index contributed by atoms with van der Waals surface area (Å²) in [5, 5.41) is 13.5. The number of aliphatic hydroxyl groups excluding tert-OH is 1. The van der Waals surface area contributed by atoms with Crippen LogP contribution in [-0.4, -0.2) is 59.4 Å². The summed E-state index contributed by atoms with van der Waals surface area (Å²) in [5.74, 6) is -0.625. The lowest BCUT2D eigenvalue weighted by Gasteiger charge is -2.50. The van der Waals surface area contributed by atoms with E-state index in [-0.39, 0.29) is 17.8 Å². The summed E-state index contributed by atoms with van der Waals surface area (Å²) in [6.07, 6.45) is -0.0737. The van der Waals surface area contributed by atoms with Gasteiger partial charge in [-0.15, -0.1) is 0 Å². The Kier molecular flexibility index (Phi) is 5.85. The molecule has 3 atom stereocenters. The average molecular weight is 486 g/mol. The second-order valence-electron chi connectivity index (χ2n) is 9.28. The van der Waals surface area contributed by atoms with E-state index in [4.69, 9.17) is 4.74 Å². The Bertz CT molecular complexity index is 1210. The predicted octanol–water partition coefficient (Wildman–Crippen LogP) is 4.23. The number of nitrogens with one attached hydrogen (secondary N) is 1. The lowest BCUT2D eigenvalue weighted by atomic mass is 9.94. The van der Waals surface area contributed by atoms with Crippen LogP contribution in [0.25, 0.3) is 5.57 Å². The minimum Gasteiger partial charge on any atom is -0.371 e. The molecule has 1 amide bonds. The number of ether oxygens (including phenoxy) is 1. The molecule has 2 aromatic rings. The maximum atomic E-state index is 13.0. The third-order valence-electron chi connectivity index (χ3n) is 6.68. The first-order valence-corrected chi connectivity index (χ1v) is 11.4. The molecular formula is C26H26F3N3O3. The number of alkyl halides is 3. The molecule has 0 aliphatic carbocycles. The van der Waals surface area contributed by atoms with Gasteiger partial charge in [0.15, 0.2) is 6.23 Å². The molecule has 3 saturated heterocycles.